The van der Waals surface area contributed by atoms with Crippen LogP contribution in [0.3, 0.4) is 0 Å². The standard InChI is InChI=1S/C22H38N4O4.C8H16O.C5H10.C3H8.2C2H6.CH3NO/c1-13(2)16-10-11-26(18(16)14(3)27)20(29)19(22(4,5)6)24-21(30)23-12-17(28)25(7)15-8-9-15;1-5-6(2)7(3)8(4)9;1-5-3-2-4-5;1-3-2;2*1-2;2-1-3/h13,15-16,18-19H,8-12H2,1-7H3,(H2,23,24,30);6-7H,5H2,1-4H3;5H,2-4H2,1H3;3H2,1-2H3;2*1-2H3;1H,(H2,2,3)/t16-,18?,19?;;;;;;/m1....../s1. The van der Waals surface area contributed by atoms with Gasteiger partial charge in [-0.3, -0.25) is 24.0 Å². The summed E-state index contributed by atoms with van der Waals surface area (Å²) in [6, 6.07) is -1.54. The van der Waals surface area contributed by atoms with Gasteiger partial charge < -0.3 is 26.2 Å². The highest BCUT2D eigenvalue weighted by atomic mass is 16.2. The monoisotopic (exact) mass is 770 g/mol. The first-order valence-electron chi connectivity index (χ1n) is 20.9. The third-order valence-corrected chi connectivity index (χ3v) is 9.81. The number of likely N-dealkylation sites (N-methyl/N-ethyl adjacent to an activating group) is 1. The van der Waals surface area contributed by atoms with E-state index in [4.69, 9.17) is 4.79 Å². The summed E-state index contributed by atoms with van der Waals surface area (Å²) in [6.07, 6.45) is 9.83. The van der Waals surface area contributed by atoms with Crippen molar-refractivity contribution in [2.75, 3.05) is 20.1 Å². The highest BCUT2D eigenvalue weighted by Gasteiger charge is 2.45. The molecule has 1 aliphatic heterocycles. The maximum Gasteiger partial charge on any atom is 0.315 e. The summed E-state index contributed by atoms with van der Waals surface area (Å²) in [4.78, 5) is 73.0. The van der Waals surface area contributed by atoms with Crippen LogP contribution in [0.25, 0.3) is 0 Å². The van der Waals surface area contributed by atoms with Crippen molar-refractivity contribution >= 4 is 35.8 Å². The second-order valence-corrected chi connectivity index (χ2v) is 15.8. The van der Waals surface area contributed by atoms with Gasteiger partial charge in [0.25, 0.3) is 0 Å². The van der Waals surface area contributed by atoms with Gasteiger partial charge in [-0.1, -0.05) is 136 Å². The van der Waals surface area contributed by atoms with E-state index in [1.165, 1.54) is 32.6 Å². The molecule has 0 bridgehead atoms. The molecule has 0 spiro atoms. The second-order valence-electron chi connectivity index (χ2n) is 15.8. The fourth-order valence-corrected chi connectivity index (χ4v) is 5.59. The number of primary amides is 1. The lowest BCUT2D eigenvalue weighted by molar-refractivity contribution is -0.141. The summed E-state index contributed by atoms with van der Waals surface area (Å²) in [5.74, 6) is 2.15. The molecule has 3 fully saturated rings. The van der Waals surface area contributed by atoms with Crippen molar-refractivity contribution in [2.45, 2.75) is 187 Å². The average Bonchev–Trinajstić information content (AvgIpc) is 3.86. The number of hydrogen-bond donors (Lipinski definition) is 3. The van der Waals surface area contributed by atoms with Gasteiger partial charge in [-0.25, -0.2) is 4.79 Å². The smallest absolute Gasteiger partial charge is 0.315 e. The molecule has 0 aromatic heterocycles. The Morgan fingerprint density at radius 2 is 1.33 bits per heavy atom. The minimum atomic E-state index is -0.804. The van der Waals surface area contributed by atoms with Crippen molar-refractivity contribution in [3.63, 3.8) is 0 Å². The number of Topliss-reactive ketones (excluding diaryl/α,β-unsaturated/α-hetero) is 2. The van der Waals surface area contributed by atoms with Crippen LogP contribution in [-0.2, 0) is 24.0 Å². The van der Waals surface area contributed by atoms with E-state index in [1.54, 1.807) is 23.8 Å². The number of urea groups is 1. The molecule has 5 atom stereocenters. The van der Waals surface area contributed by atoms with E-state index in [9.17, 15) is 24.0 Å². The van der Waals surface area contributed by atoms with E-state index >= 15 is 0 Å². The fraction of sp³-hybridized carbons (Fsp3) is 0.860. The molecule has 2 aliphatic carbocycles. The van der Waals surface area contributed by atoms with E-state index < -0.39 is 23.5 Å². The van der Waals surface area contributed by atoms with Crippen LogP contribution in [0.5, 0.6) is 0 Å². The second kappa shape index (κ2) is 32.3. The van der Waals surface area contributed by atoms with Crippen LogP contribution in [0.2, 0.25) is 0 Å². The Labute approximate surface area is 332 Å². The van der Waals surface area contributed by atoms with E-state index in [0.29, 0.717) is 18.2 Å². The molecular weight excluding hydrogens is 683 g/mol. The minimum absolute atomic E-state index is 0.0228. The Morgan fingerprint density at radius 1 is 0.889 bits per heavy atom. The zero-order chi connectivity index (χ0) is 43.4. The summed E-state index contributed by atoms with van der Waals surface area (Å²) < 4.78 is 0. The van der Waals surface area contributed by atoms with Gasteiger partial charge in [0.05, 0.1) is 12.6 Å². The molecule has 54 heavy (non-hydrogen) atoms. The van der Waals surface area contributed by atoms with E-state index in [1.807, 2.05) is 55.4 Å². The summed E-state index contributed by atoms with van der Waals surface area (Å²) in [7, 11) is 1.74. The molecule has 320 valence electrons. The van der Waals surface area contributed by atoms with E-state index in [0.717, 1.165) is 31.6 Å². The summed E-state index contributed by atoms with van der Waals surface area (Å²) in [5, 5.41) is 5.33. The Balaban J connectivity index is -0.000000422. The molecule has 4 N–H and O–H groups in total. The van der Waals surface area contributed by atoms with Gasteiger partial charge in [-0.05, 0) is 62.2 Å². The normalized spacial score (nSPS) is 18.5. The van der Waals surface area contributed by atoms with E-state index in [2.05, 4.69) is 64.8 Å². The number of amides is 5. The maximum absolute atomic E-state index is 13.4. The van der Waals surface area contributed by atoms with Crippen molar-refractivity contribution < 1.29 is 28.8 Å². The predicted octanol–water partition coefficient (Wildman–Crippen LogP) is 8.42. The van der Waals surface area contributed by atoms with Gasteiger partial charge in [0.1, 0.15) is 11.8 Å². The van der Waals surface area contributed by atoms with Crippen molar-refractivity contribution in [3.05, 3.63) is 0 Å². The van der Waals surface area contributed by atoms with Crippen LogP contribution in [-0.4, -0.2) is 83.9 Å². The lowest BCUT2D eigenvalue weighted by Gasteiger charge is -2.36. The topological polar surface area (TPSA) is 159 Å². The summed E-state index contributed by atoms with van der Waals surface area (Å²) in [5.41, 5.74) is 3.61. The first-order chi connectivity index (χ1) is 25.2. The molecule has 1 saturated heterocycles. The number of nitrogens with zero attached hydrogens (tertiary/aromatic N) is 2. The number of rotatable bonds is 10. The third kappa shape index (κ3) is 24.4. The van der Waals surface area contributed by atoms with Crippen LogP contribution in [0.1, 0.15) is 169 Å². The number of carbonyl (C=O) groups is 6. The summed E-state index contributed by atoms with van der Waals surface area (Å²) in [6.45, 7) is 34.1. The quantitative estimate of drug-likeness (QED) is 0.189. The predicted molar refractivity (Wildman–Crippen MR) is 226 cm³/mol. The molecule has 11 nitrogen and oxygen atoms in total. The van der Waals surface area contributed by atoms with Gasteiger partial charge in [0.15, 0.2) is 5.78 Å². The molecule has 5 amide bonds. The molecule has 0 aromatic carbocycles. The highest BCUT2D eigenvalue weighted by molar-refractivity contribution is 5.93. The highest BCUT2D eigenvalue weighted by Crippen LogP contribution is 2.33. The summed E-state index contributed by atoms with van der Waals surface area (Å²) >= 11 is 0. The largest absolute Gasteiger partial charge is 0.372 e. The van der Waals surface area contributed by atoms with Crippen molar-refractivity contribution in [1.29, 1.82) is 0 Å². The van der Waals surface area contributed by atoms with Gasteiger partial charge >= 0.3 is 6.03 Å². The van der Waals surface area contributed by atoms with Crippen LogP contribution in [0.4, 0.5) is 4.79 Å². The van der Waals surface area contributed by atoms with Gasteiger partial charge in [0, 0.05) is 25.6 Å². The number of hydrogen-bond acceptors (Lipinski definition) is 6. The Morgan fingerprint density at radius 3 is 1.61 bits per heavy atom. The zero-order valence-electron chi connectivity index (χ0n) is 38.2. The zero-order valence-corrected chi connectivity index (χ0v) is 38.2. The molecule has 2 saturated carbocycles. The lowest BCUT2D eigenvalue weighted by atomic mass is 9.84. The first-order valence-corrected chi connectivity index (χ1v) is 20.9. The van der Waals surface area contributed by atoms with Gasteiger partial charge in [0.2, 0.25) is 18.2 Å². The Hall–Kier alpha value is -2.98. The Kier molecular flexibility index (Phi) is 34.5. The minimum Gasteiger partial charge on any atom is -0.372 e. The van der Waals surface area contributed by atoms with E-state index in [-0.39, 0.29) is 54.3 Å². The molecule has 3 aliphatic rings. The van der Waals surface area contributed by atoms with Crippen molar-refractivity contribution in [3.8, 4) is 0 Å². The molecular formula is C43H87N5O6. The number of ketones is 2. The third-order valence-electron chi connectivity index (χ3n) is 9.81. The van der Waals surface area contributed by atoms with Crippen LogP contribution in [0, 0.1) is 35.0 Å². The van der Waals surface area contributed by atoms with Gasteiger partial charge in [-0.2, -0.15) is 0 Å². The number of nitrogens with one attached hydrogen (secondary N) is 2. The number of carbonyl (C=O) groups excluding carboxylic acids is 6. The number of nitrogens with two attached hydrogens (primary N) is 1. The average molecular weight is 770 g/mol. The number of likely N-dealkylation sites (tertiary alicyclic amines) is 1. The Bertz CT molecular complexity index is 1040. The van der Waals surface area contributed by atoms with Crippen LogP contribution < -0.4 is 16.4 Å². The SMILES string of the molecule is CC.CC.CC(=O)C1[C@@H](C(C)C)CCN1C(=O)C(NC(=O)NCC(=O)N(C)C1CC1)C(C)(C)C.CC1CCC1.CCC.CCC(C)C(C)C(C)=O.NC=O. The lowest BCUT2D eigenvalue weighted by Crippen LogP contribution is -2.59. The molecule has 11 heteroatoms. The molecule has 3 rings (SSSR count). The van der Waals surface area contributed by atoms with Crippen molar-refractivity contribution in [2.24, 2.45) is 40.7 Å². The molecule has 0 radical (unpaired) electrons. The van der Waals surface area contributed by atoms with Crippen LogP contribution >= 0.6 is 0 Å². The molecule has 1 heterocycles. The molecule has 4 unspecified atom stereocenters. The van der Waals surface area contributed by atoms with Crippen LogP contribution in [0.15, 0.2) is 0 Å². The van der Waals surface area contributed by atoms with Crippen molar-refractivity contribution in [1.82, 2.24) is 20.4 Å². The fourth-order valence-electron chi connectivity index (χ4n) is 5.59. The first kappa shape index (κ1) is 57.7. The molecule has 0 aromatic rings. The van der Waals surface area contributed by atoms with Gasteiger partial charge in [-0.15, -0.1) is 0 Å². The maximum atomic E-state index is 13.4.